The molecule has 0 spiro atoms. The number of nitrogens with one attached hydrogen (secondary N) is 2. The molecule has 0 aliphatic carbocycles. The average Bonchev–Trinajstić information content (AvgIpc) is 3.09. The summed E-state index contributed by atoms with van der Waals surface area (Å²) in [6.45, 7) is 0.311. The van der Waals surface area contributed by atoms with Crippen molar-refractivity contribution in [1.29, 1.82) is 0 Å². The number of anilines is 2. The van der Waals surface area contributed by atoms with E-state index in [2.05, 4.69) is 20.0 Å². The highest BCUT2D eigenvalue weighted by Crippen LogP contribution is 2.23. The van der Waals surface area contributed by atoms with Crippen molar-refractivity contribution >= 4 is 39.4 Å². The molecule has 0 fully saturated rings. The van der Waals surface area contributed by atoms with Gasteiger partial charge < -0.3 is 5.32 Å². The van der Waals surface area contributed by atoms with Crippen molar-refractivity contribution in [1.82, 2.24) is 14.9 Å². The van der Waals surface area contributed by atoms with Gasteiger partial charge in [-0.15, -0.1) is 0 Å². The van der Waals surface area contributed by atoms with Gasteiger partial charge in [0.05, 0.1) is 16.0 Å². The molecule has 35 heavy (non-hydrogen) atoms. The number of benzene rings is 2. The second-order valence-corrected chi connectivity index (χ2v) is 9.55. The fourth-order valence-electron chi connectivity index (χ4n) is 3.65. The van der Waals surface area contributed by atoms with E-state index in [-0.39, 0.29) is 35.0 Å². The number of imide groups is 1. The maximum atomic E-state index is 12.4. The van der Waals surface area contributed by atoms with E-state index in [0.29, 0.717) is 42.6 Å². The molecule has 1 aromatic heterocycles. The lowest BCUT2D eigenvalue weighted by atomic mass is 10.1. The fourth-order valence-corrected chi connectivity index (χ4v) is 4.60. The molecule has 3 amide bonds. The van der Waals surface area contributed by atoms with Gasteiger partial charge in [0.15, 0.2) is 0 Å². The zero-order valence-electron chi connectivity index (χ0n) is 18.7. The Kier molecular flexibility index (Phi) is 7.16. The molecule has 180 valence electrons. The summed E-state index contributed by atoms with van der Waals surface area (Å²) >= 11 is 0. The fraction of sp³-hybridized carbons (Fsp3) is 0.208. The van der Waals surface area contributed by atoms with Crippen molar-refractivity contribution in [2.24, 2.45) is 0 Å². The van der Waals surface area contributed by atoms with Crippen molar-refractivity contribution in [2.75, 3.05) is 16.6 Å². The van der Waals surface area contributed by atoms with Crippen molar-refractivity contribution < 1.29 is 22.8 Å². The maximum Gasteiger partial charge on any atom is 0.264 e. The van der Waals surface area contributed by atoms with Crippen molar-refractivity contribution in [3.8, 4) is 0 Å². The number of fused-ring (bicyclic) bond motifs is 1. The third-order valence-electron chi connectivity index (χ3n) is 5.40. The minimum absolute atomic E-state index is 0.0103. The summed E-state index contributed by atoms with van der Waals surface area (Å²) in [6, 6.07) is 14.1. The monoisotopic (exact) mass is 493 g/mol. The molecule has 2 heterocycles. The van der Waals surface area contributed by atoms with Crippen LogP contribution >= 0.6 is 0 Å². The van der Waals surface area contributed by atoms with Crippen LogP contribution in [-0.4, -0.2) is 47.6 Å². The van der Waals surface area contributed by atoms with Gasteiger partial charge in [0.2, 0.25) is 11.9 Å². The number of rotatable bonds is 10. The molecule has 0 radical (unpaired) electrons. The van der Waals surface area contributed by atoms with Crippen LogP contribution in [0.4, 0.5) is 11.6 Å². The second kappa shape index (κ2) is 10.4. The first-order chi connectivity index (χ1) is 16.8. The molecular weight excluding hydrogens is 470 g/mol. The minimum atomic E-state index is -3.85. The first-order valence-corrected chi connectivity index (χ1v) is 12.5. The molecule has 0 unspecified atom stereocenters. The molecule has 11 heteroatoms. The molecule has 3 aromatic rings. The Balaban J connectivity index is 1.20. The highest BCUT2D eigenvalue weighted by molar-refractivity contribution is 7.92. The lowest BCUT2D eigenvalue weighted by Crippen LogP contribution is -2.30. The smallest absolute Gasteiger partial charge is 0.264 e. The number of amides is 3. The minimum Gasteiger partial charge on any atom is -0.326 e. The molecule has 0 bridgehead atoms. The summed E-state index contributed by atoms with van der Waals surface area (Å²) in [6.07, 6.45) is 4.97. The normalized spacial score (nSPS) is 13.0. The second-order valence-electron chi connectivity index (χ2n) is 7.87. The van der Waals surface area contributed by atoms with E-state index in [0.717, 1.165) is 0 Å². The van der Waals surface area contributed by atoms with E-state index in [9.17, 15) is 22.8 Å². The molecule has 0 saturated carbocycles. The van der Waals surface area contributed by atoms with Crippen LogP contribution in [0.15, 0.2) is 71.9 Å². The molecule has 2 aromatic carbocycles. The van der Waals surface area contributed by atoms with Crippen LogP contribution in [0.1, 0.15) is 46.4 Å². The van der Waals surface area contributed by atoms with Crippen LogP contribution in [0.5, 0.6) is 0 Å². The lowest BCUT2D eigenvalue weighted by Gasteiger charge is -2.13. The predicted octanol–water partition coefficient (Wildman–Crippen LogP) is 3.07. The van der Waals surface area contributed by atoms with E-state index < -0.39 is 10.0 Å². The Morgan fingerprint density at radius 3 is 2.09 bits per heavy atom. The maximum absolute atomic E-state index is 12.4. The van der Waals surface area contributed by atoms with Crippen LogP contribution in [0, 0.1) is 0 Å². The third-order valence-corrected chi connectivity index (χ3v) is 6.75. The molecular formula is C24H23N5O5S. The molecule has 0 atom stereocenters. The van der Waals surface area contributed by atoms with E-state index in [1.54, 1.807) is 30.3 Å². The first kappa shape index (κ1) is 24.0. The zero-order chi connectivity index (χ0) is 24.8. The van der Waals surface area contributed by atoms with E-state index in [1.165, 1.54) is 41.6 Å². The van der Waals surface area contributed by atoms with Gasteiger partial charge in [-0.2, -0.15) is 0 Å². The van der Waals surface area contributed by atoms with Gasteiger partial charge in [0.1, 0.15) is 0 Å². The molecule has 4 rings (SSSR count). The van der Waals surface area contributed by atoms with Crippen molar-refractivity contribution in [3.63, 3.8) is 0 Å². The quantitative estimate of drug-likeness (QED) is 0.327. The van der Waals surface area contributed by atoms with Gasteiger partial charge in [0, 0.05) is 31.0 Å². The van der Waals surface area contributed by atoms with Gasteiger partial charge in [-0.05, 0) is 55.3 Å². The van der Waals surface area contributed by atoms with Crippen LogP contribution in [0.25, 0.3) is 0 Å². The van der Waals surface area contributed by atoms with E-state index in [1.807, 2.05) is 0 Å². The van der Waals surface area contributed by atoms with Crippen molar-refractivity contribution in [2.45, 2.75) is 30.6 Å². The molecule has 1 aliphatic heterocycles. The number of carbonyl (C=O) groups excluding carboxylic acids is 3. The number of hydrogen-bond acceptors (Lipinski definition) is 7. The number of sulfonamides is 1. The van der Waals surface area contributed by atoms with Crippen LogP contribution in [-0.2, 0) is 14.8 Å². The Morgan fingerprint density at radius 2 is 1.46 bits per heavy atom. The number of nitrogens with zero attached hydrogens (tertiary/aromatic N) is 3. The summed E-state index contributed by atoms with van der Waals surface area (Å²) in [5, 5.41) is 2.73. The zero-order valence-corrected chi connectivity index (χ0v) is 19.5. The lowest BCUT2D eigenvalue weighted by molar-refractivity contribution is -0.116. The number of hydrogen-bond donors (Lipinski definition) is 2. The number of aromatic nitrogens is 2. The van der Waals surface area contributed by atoms with E-state index in [4.69, 9.17) is 0 Å². The van der Waals surface area contributed by atoms with Crippen LogP contribution in [0.3, 0.4) is 0 Å². The van der Waals surface area contributed by atoms with Crippen LogP contribution in [0.2, 0.25) is 0 Å². The number of unbranched alkanes of at least 4 members (excludes halogenated alkanes) is 2. The Labute approximate surface area is 202 Å². The Morgan fingerprint density at radius 1 is 0.829 bits per heavy atom. The summed E-state index contributed by atoms with van der Waals surface area (Å²) < 4.78 is 27.1. The molecule has 0 saturated heterocycles. The van der Waals surface area contributed by atoms with E-state index >= 15 is 0 Å². The van der Waals surface area contributed by atoms with Gasteiger partial charge >= 0.3 is 0 Å². The summed E-state index contributed by atoms with van der Waals surface area (Å²) in [7, 11) is -3.85. The summed E-state index contributed by atoms with van der Waals surface area (Å²) in [5.41, 5.74) is 1.33. The summed E-state index contributed by atoms with van der Waals surface area (Å²) in [5.74, 6) is -0.800. The summed E-state index contributed by atoms with van der Waals surface area (Å²) in [4.78, 5) is 45.9. The standard InChI is InChI=1S/C24H23N5O5S/c30-21(9-2-1-5-16-29-22(31)19-7-3-4-8-20(19)23(29)32)27-17-10-12-18(13-11-17)35(33,34)28-24-25-14-6-15-26-24/h3-4,6-8,10-15H,1-2,5,9,16H2,(H,27,30)(H,25,26,28). The van der Waals surface area contributed by atoms with Crippen molar-refractivity contribution in [3.05, 3.63) is 78.1 Å². The third kappa shape index (κ3) is 5.69. The highest BCUT2D eigenvalue weighted by Gasteiger charge is 2.34. The first-order valence-electron chi connectivity index (χ1n) is 11.0. The Hall–Kier alpha value is -4.12. The van der Waals surface area contributed by atoms with Gasteiger partial charge in [-0.25, -0.2) is 23.1 Å². The van der Waals surface area contributed by atoms with Gasteiger partial charge in [0.25, 0.3) is 21.8 Å². The van der Waals surface area contributed by atoms with Crippen LogP contribution < -0.4 is 10.0 Å². The predicted molar refractivity (Wildman–Crippen MR) is 128 cm³/mol. The van der Waals surface area contributed by atoms with Gasteiger partial charge in [-0.3, -0.25) is 19.3 Å². The highest BCUT2D eigenvalue weighted by atomic mass is 32.2. The Bertz CT molecular complexity index is 1310. The largest absolute Gasteiger partial charge is 0.326 e. The molecule has 10 nitrogen and oxygen atoms in total. The average molecular weight is 494 g/mol. The molecule has 2 N–H and O–H groups in total. The topological polar surface area (TPSA) is 138 Å². The van der Waals surface area contributed by atoms with Gasteiger partial charge in [-0.1, -0.05) is 18.6 Å². The number of carbonyl (C=O) groups is 3. The molecule has 1 aliphatic rings. The SMILES string of the molecule is O=C(CCCCCN1C(=O)c2ccccc2C1=O)Nc1ccc(S(=O)(=O)Nc2ncccn2)cc1.